The lowest BCUT2D eigenvalue weighted by atomic mass is 9.85. The number of carbonyl (C=O) groups is 2. The van der Waals surface area contributed by atoms with E-state index in [4.69, 9.17) is 10.2 Å². The summed E-state index contributed by atoms with van der Waals surface area (Å²) in [5.41, 5.74) is -2.19. The van der Waals surface area contributed by atoms with Crippen LogP contribution in [0.1, 0.15) is 73.3 Å². The van der Waals surface area contributed by atoms with Crippen LogP contribution < -0.4 is 11.1 Å². The molecule has 0 aromatic carbocycles. The topological polar surface area (TPSA) is 168 Å². The molecule has 0 saturated heterocycles. The lowest BCUT2D eigenvalue weighted by molar-refractivity contribution is -0.277. The first kappa shape index (κ1) is 30.5. The number of fused-ring (bicyclic) bond motifs is 5. The molecule has 0 radical (unpaired) electrons. The molecule has 1 aliphatic heterocycles. The van der Waals surface area contributed by atoms with Crippen LogP contribution in [-0.4, -0.2) is 67.6 Å². The highest BCUT2D eigenvalue weighted by Gasteiger charge is 2.58. The van der Waals surface area contributed by atoms with E-state index in [1.165, 1.54) is 4.90 Å². The molecular formula is C24H28F6N6O5. The largest absolute Gasteiger partial charge is 0.465 e. The van der Waals surface area contributed by atoms with Gasteiger partial charge in [-0.25, -0.2) is 9.78 Å². The molecule has 4 rings (SSSR count). The first-order chi connectivity index (χ1) is 19.2. The van der Waals surface area contributed by atoms with Crippen LogP contribution in [-0.2, 0) is 11.8 Å². The number of alkyl halides is 6. The number of nitrogens with two attached hydrogens (primary N) is 1. The van der Waals surface area contributed by atoms with E-state index in [0.29, 0.717) is 38.3 Å². The zero-order valence-electron chi connectivity index (χ0n) is 21.6. The molecule has 2 aromatic heterocycles. The lowest BCUT2D eigenvalue weighted by Gasteiger charge is -2.37. The van der Waals surface area contributed by atoms with Gasteiger partial charge >= 0.3 is 18.4 Å². The second kappa shape index (κ2) is 11.4. The highest BCUT2D eigenvalue weighted by atomic mass is 19.4. The van der Waals surface area contributed by atoms with Gasteiger partial charge in [0.2, 0.25) is 5.60 Å². The Morgan fingerprint density at radius 3 is 2.37 bits per heavy atom. The van der Waals surface area contributed by atoms with Gasteiger partial charge in [-0.05, 0) is 63.5 Å². The molecule has 11 nitrogen and oxygen atoms in total. The molecule has 17 heteroatoms. The monoisotopic (exact) mass is 594 g/mol. The zero-order valence-corrected chi connectivity index (χ0v) is 21.6. The molecule has 1 atom stereocenters. The highest BCUT2D eigenvalue weighted by molar-refractivity contribution is 5.97. The summed E-state index contributed by atoms with van der Waals surface area (Å²) in [4.78, 5) is 30.2. The van der Waals surface area contributed by atoms with Gasteiger partial charge in [0, 0.05) is 12.6 Å². The van der Waals surface area contributed by atoms with Gasteiger partial charge in [0.25, 0.3) is 17.7 Å². The zero-order chi connectivity index (χ0) is 30.2. The number of carboxylic acid groups (broad SMARTS) is 1. The highest BCUT2D eigenvalue weighted by Crippen LogP contribution is 2.44. The number of amides is 2. The second-order valence-corrected chi connectivity index (χ2v) is 10.2. The Labute approximate surface area is 229 Å². The van der Waals surface area contributed by atoms with Gasteiger partial charge in [-0.15, -0.1) is 10.2 Å². The SMILES string of the molecule is NCC1CCC(N2CCCCC[C@](O)(C(F)(F)F)c3nnc(o3)-c3nc(c(C(F)(F)F)cc3NC(=O)O)C2=O)CC1. The first-order valence-corrected chi connectivity index (χ1v) is 12.9. The van der Waals surface area contributed by atoms with Crippen molar-refractivity contribution in [3.8, 4) is 11.6 Å². The minimum absolute atomic E-state index is 0.0803. The van der Waals surface area contributed by atoms with E-state index < -0.39 is 76.8 Å². The Morgan fingerprint density at radius 1 is 1.10 bits per heavy atom. The van der Waals surface area contributed by atoms with Gasteiger partial charge in [-0.2, -0.15) is 26.3 Å². The van der Waals surface area contributed by atoms with Gasteiger partial charge in [0.05, 0.1) is 11.3 Å². The summed E-state index contributed by atoms with van der Waals surface area (Å²) in [6, 6.07) is -0.178. The number of aromatic nitrogens is 3. The van der Waals surface area contributed by atoms with Gasteiger partial charge in [0.1, 0.15) is 5.69 Å². The molecule has 226 valence electrons. The molecule has 1 aliphatic carbocycles. The normalized spacial score (nSPS) is 24.6. The molecule has 1 fully saturated rings. The summed E-state index contributed by atoms with van der Waals surface area (Å²) >= 11 is 0. The number of pyridine rings is 1. The second-order valence-electron chi connectivity index (χ2n) is 10.2. The predicted octanol–water partition coefficient (Wildman–Crippen LogP) is 4.52. The molecule has 3 heterocycles. The summed E-state index contributed by atoms with van der Waals surface area (Å²) in [5.74, 6) is -3.13. The minimum atomic E-state index is -5.27. The number of aliphatic hydroxyl groups is 1. The van der Waals surface area contributed by atoms with Gasteiger partial charge in [0.15, 0.2) is 5.69 Å². The average Bonchev–Trinajstić information content (AvgIpc) is 3.39. The number of carbonyl (C=O) groups excluding carboxylic acids is 1. The summed E-state index contributed by atoms with van der Waals surface area (Å²) in [7, 11) is 0. The Balaban J connectivity index is 1.91. The van der Waals surface area contributed by atoms with E-state index in [2.05, 4.69) is 15.2 Å². The lowest BCUT2D eigenvalue weighted by Crippen LogP contribution is -2.44. The number of nitrogens with zero attached hydrogens (tertiary/aromatic N) is 4. The van der Waals surface area contributed by atoms with Crippen molar-refractivity contribution in [1.29, 1.82) is 0 Å². The summed E-state index contributed by atoms with van der Waals surface area (Å²) in [6.07, 6.45) is -11.0. The molecule has 0 spiro atoms. The van der Waals surface area contributed by atoms with Crippen molar-refractivity contribution in [2.75, 3.05) is 18.4 Å². The minimum Gasteiger partial charge on any atom is -0.465 e. The van der Waals surface area contributed by atoms with Crippen LogP contribution in [0.15, 0.2) is 10.5 Å². The van der Waals surface area contributed by atoms with Gasteiger partial charge in [-0.3, -0.25) is 10.1 Å². The maximum Gasteiger partial charge on any atom is 0.426 e. The Kier molecular flexibility index (Phi) is 8.50. The number of rotatable bonds is 3. The molecule has 2 aliphatic rings. The van der Waals surface area contributed by atoms with Crippen LogP contribution in [0, 0.1) is 5.92 Å². The molecular weight excluding hydrogens is 566 g/mol. The molecule has 2 amide bonds. The summed E-state index contributed by atoms with van der Waals surface area (Å²) in [6.45, 7) is 0.333. The smallest absolute Gasteiger partial charge is 0.426 e. The molecule has 41 heavy (non-hydrogen) atoms. The van der Waals surface area contributed by atoms with Crippen LogP contribution in [0.2, 0.25) is 0 Å². The van der Waals surface area contributed by atoms with E-state index in [9.17, 15) is 46.1 Å². The fourth-order valence-electron chi connectivity index (χ4n) is 5.24. The summed E-state index contributed by atoms with van der Waals surface area (Å²) < 4.78 is 89.6. The first-order valence-electron chi connectivity index (χ1n) is 12.9. The quantitative estimate of drug-likeness (QED) is 0.374. The fourth-order valence-corrected chi connectivity index (χ4v) is 5.24. The fraction of sp³-hybridized carbons (Fsp3) is 0.625. The van der Waals surface area contributed by atoms with Crippen molar-refractivity contribution >= 4 is 17.7 Å². The molecule has 0 unspecified atom stereocenters. The number of anilines is 1. The van der Waals surface area contributed by atoms with Crippen molar-refractivity contribution in [2.24, 2.45) is 11.7 Å². The van der Waals surface area contributed by atoms with E-state index >= 15 is 0 Å². The van der Waals surface area contributed by atoms with Crippen molar-refractivity contribution in [3.05, 3.63) is 23.2 Å². The number of nitrogens with one attached hydrogen (secondary N) is 1. The van der Waals surface area contributed by atoms with Crippen LogP contribution in [0.5, 0.6) is 0 Å². The van der Waals surface area contributed by atoms with Crippen LogP contribution >= 0.6 is 0 Å². The summed E-state index contributed by atoms with van der Waals surface area (Å²) in [5, 5.41) is 28.2. The third-order valence-corrected chi connectivity index (χ3v) is 7.51. The molecule has 2 aromatic rings. The maximum absolute atomic E-state index is 14.2. The molecule has 5 N–H and O–H groups in total. The van der Waals surface area contributed by atoms with Gasteiger partial charge in [-0.1, -0.05) is 6.42 Å². The van der Waals surface area contributed by atoms with Crippen molar-refractivity contribution in [2.45, 2.75) is 75.4 Å². The van der Waals surface area contributed by atoms with Crippen molar-refractivity contribution < 1.29 is 50.6 Å². The number of hydrogen-bond acceptors (Lipinski definition) is 8. The molecule has 4 bridgehead atoms. The Hall–Kier alpha value is -3.47. The maximum atomic E-state index is 14.2. The third kappa shape index (κ3) is 6.24. The third-order valence-electron chi connectivity index (χ3n) is 7.51. The predicted molar refractivity (Wildman–Crippen MR) is 128 cm³/mol. The number of halogens is 6. The van der Waals surface area contributed by atoms with E-state index in [1.54, 1.807) is 5.32 Å². The van der Waals surface area contributed by atoms with Crippen LogP contribution in [0.25, 0.3) is 11.6 Å². The standard InChI is InChI=1S/C24H28F6N6O5/c25-23(26,27)14-10-15(32-21(38)39)17-18-34-35-20(41-18)22(40,24(28,29)30)8-2-1-3-9-36(19(37)16(14)33-17)13-6-4-12(11-31)5-7-13/h10,12-13,32,40H,1-9,11,31H2,(H,38,39)/t12?,13?,22-/m1/s1. The average molecular weight is 595 g/mol. The van der Waals surface area contributed by atoms with Gasteiger partial charge < -0.3 is 25.3 Å². The van der Waals surface area contributed by atoms with Crippen LogP contribution in [0.4, 0.5) is 36.8 Å². The van der Waals surface area contributed by atoms with E-state index in [-0.39, 0.29) is 31.7 Å². The molecule has 1 saturated carbocycles. The Morgan fingerprint density at radius 2 is 1.78 bits per heavy atom. The van der Waals surface area contributed by atoms with Crippen molar-refractivity contribution in [3.63, 3.8) is 0 Å². The van der Waals surface area contributed by atoms with Crippen molar-refractivity contribution in [1.82, 2.24) is 20.1 Å². The Bertz CT molecular complexity index is 1280. The van der Waals surface area contributed by atoms with E-state index in [1.807, 2.05) is 0 Å². The van der Waals surface area contributed by atoms with E-state index in [0.717, 1.165) is 0 Å². The van der Waals surface area contributed by atoms with Crippen LogP contribution in [0.3, 0.4) is 0 Å². The number of hydrogen-bond donors (Lipinski definition) is 4.